The van der Waals surface area contributed by atoms with E-state index in [0.717, 1.165) is 18.9 Å². The number of hydrogen-bond acceptors (Lipinski definition) is 4. The highest BCUT2D eigenvalue weighted by molar-refractivity contribution is 7.92. The minimum absolute atomic E-state index is 0.0238. The maximum absolute atomic E-state index is 13.4. The number of carbonyl (C=O) groups is 1. The summed E-state index contributed by atoms with van der Waals surface area (Å²) in [6.07, 6.45) is 2.16. The van der Waals surface area contributed by atoms with Crippen molar-refractivity contribution in [3.8, 4) is 0 Å². The number of rotatable bonds is 4. The fourth-order valence-electron chi connectivity index (χ4n) is 3.94. The average molecular weight is 460 g/mol. The van der Waals surface area contributed by atoms with E-state index in [1.165, 1.54) is 12.1 Å². The highest BCUT2D eigenvalue weighted by atomic mass is 35.5. The van der Waals surface area contributed by atoms with E-state index in [-0.39, 0.29) is 33.4 Å². The molecule has 2 aromatic rings. The molecule has 0 spiro atoms. The number of benzene rings is 2. The summed E-state index contributed by atoms with van der Waals surface area (Å²) in [5.41, 5.74) is -0.380. The first-order chi connectivity index (χ1) is 14.1. The van der Waals surface area contributed by atoms with Gasteiger partial charge in [-0.05, 0) is 43.9 Å². The van der Waals surface area contributed by atoms with Gasteiger partial charge in [0, 0.05) is 23.4 Å². The molecule has 2 aromatic carbocycles. The zero-order valence-corrected chi connectivity index (χ0v) is 17.1. The largest absolute Gasteiger partial charge is 0.375 e. The third-order valence-electron chi connectivity index (χ3n) is 5.43. The molecule has 1 amide bonds. The lowest BCUT2D eigenvalue weighted by Crippen LogP contribution is -2.34. The van der Waals surface area contributed by atoms with Crippen molar-refractivity contribution in [1.29, 1.82) is 0 Å². The lowest BCUT2D eigenvalue weighted by molar-refractivity contribution is 0.00738. The molecule has 10 heteroatoms. The van der Waals surface area contributed by atoms with E-state index in [1.54, 1.807) is 0 Å². The van der Waals surface area contributed by atoms with Crippen LogP contribution < -0.4 is 5.32 Å². The molecule has 4 rings (SSSR count). The first-order valence-corrected chi connectivity index (χ1v) is 11.2. The number of ether oxygens (including phenoxy) is 1. The number of anilines is 1. The number of nitrogens with one attached hydrogen (secondary N) is 1. The molecule has 0 unspecified atom stereocenters. The number of hydrogen-bond donors (Lipinski definition) is 1. The molecule has 2 aliphatic rings. The summed E-state index contributed by atoms with van der Waals surface area (Å²) in [5.74, 6) is -5.39. The Morgan fingerprint density at radius 2 is 1.63 bits per heavy atom. The van der Waals surface area contributed by atoms with Crippen LogP contribution in [0.3, 0.4) is 0 Å². The second-order valence-corrected chi connectivity index (χ2v) is 10.1. The van der Waals surface area contributed by atoms with Crippen LogP contribution in [0.15, 0.2) is 35.2 Å². The van der Waals surface area contributed by atoms with Crippen LogP contribution in [0.5, 0.6) is 0 Å². The lowest BCUT2D eigenvalue weighted by Gasteiger charge is -2.28. The van der Waals surface area contributed by atoms with Gasteiger partial charge in [0.05, 0.1) is 27.4 Å². The molecular formula is C20H17ClF3NO4S. The third kappa shape index (κ3) is 3.93. The fourth-order valence-corrected chi connectivity index (χ4v) is 6.30. The van der Waals surface area contributed by atoms with Crippen molar-refractivity contribution in [3.05, 3.63) is 58.4 Å². The van der Waals surface area contributed by atoms with Crippen LogP contribution in [0.4, 0.5) is 18.9 Å². The molecule has 2 aliphatic heterocycles. The molecular weight excluding hydrogens is 443 g/mol. The SMILES string of the molecule is O=C(Nc1cc(F)c(F)c(F)c1)c1ccc(Cl)c(S(=O)(=O)[C@H]2C[C@H]3CC[C@@H](C2)O3)c1. The number of fused-ring (bicyclic) bond motifs is 2. The van der Waals surface area contributed by atoms with E-state index in [9.17, 15) is 26.4 Å². The second-order valence-electron chi connectivity index (χ2n) is 7.45. The first-order valence-electron chi connectivity index (χ1n) is 9.30. The van der Waals surface area contributed by atoms with Crippen LogP contribution in [-0.2, 0) is 14.6 Å². The maximum Gasteiger partial charge on any atom is 0.255 e. The van der Waals surface area contributed by atoms with Gasteiger partial charge in [0.25, 0.3) is 5.91 Å². The van der Waals surface area contributed by atoms with E-state index in [1.807, 2.05) is 0 Å². The Balaban J connectivity index is 1.61. The van der Waals surface area contributed by atoms with Gasteiger partial charge >= 0.3 is 0 Å². The molecule has 5 nitrogen and oxygen atoms in total. The monoisotopic (exact) mass is 459 g/mol. The molecule has 0 aromatic heterocycles. The molecule has 30 heavy (non-hydrogen) atoms. The van der Waals surface area contributed by atoms with Gasteiger partial charge in [-0.25, -0.2) is 21.6 Å². The summed E-state index contributed by atoms with van der Waals surface area (Å²) < 4.78 is 71.9. The Bertz CT molecular complexity index is 1090. The van der Waals surface area contributed by atoms with Crippen LogP contribution in [-0.4, -0.2) is 31.8 Å². The van der Waals surface area contributed by atoms with E-state index in [2.05, 4.69) is 5.32 Å². The van der Waals surface area contributed by atoms with Gasteiger partial charge in [-0.1, -0.05) is 11.6 Å². The predicted octanol–water partition coefficient (Wildman–Crippen LogP) is 4.49. The molecule has 160 valence electrons. The molecule has 1 N–H and O–H groups in total. The van der Waals surface area contributed by atoms with Crippen molar-refractivity contribution in [3.63, 3.8) is 0 Å². The summed E-state index contributed by atoms with van der Waals surface area (Å²) in [5, 5.41) is 1.53. The third-order valence-corrected chi connectivity index (χ3v) is 8.08. The highest BCUT2D eigenvalue weighted by Gasteiger charge is 2.42. The van der Waals surface area contributed by atoms with Gasteiger partial charge in [0.1, 0.15) is 0 Å². The average Bonchev–Trinajstić information content (AvgIpc) is 3.03. The van der Waals surface area contributed by atoms with Crippen molar-refractivity contribution in [2.24, 2.45) is 0 Å². The summed E-state index contributed by atoms with van der Waals surface area (Å²) in [7, 11) is -3.83. The minimum Gasteiger partial charge on any atom is -0.375 e. The Hall–Kier alpha value is -2.10. The van der Waals surface area contributed by atoms with Crippen molar-refractivity contribution < 1.29 is 31.1 Å². The summed E-state index contributed by atoms with van der Waals surface area (Å²) >= 11 is 6.13. The molecule has 2 fully saturated rings. The molecule has 0 radical (unpaired) electrons. The zero-order valence-electron chi connectivity index (χ0n) is 15.5. The van der Waals surface area contributed by atoms with Gasteiger partial charge in [-0.3, -0.25) is 4.79 Å². The Morgan fingerprint density at radius 3 is 2.23 bits per heavy atom. The highest BCUT2D eigenvalue weighted by Crippen LogP contribution is 2.39. The second kappa shape index (κ2) is 7.86. The van der Waals surface area contributed by atoms with Crippen molar-refractivity contribution in [2.45, 2.75) is 48.0 Å². The first kappa shape index (κ1) is 21.1. The van der Waals surface area contributed by atoms with E-state index in [4.69, 9.17) is 16.3 Å². The van der Waals surface area contributed by atoms with Crippen molar-refractivity contribution in [2.75, 3.05) is 5.32 Å². The smallest absolute Gasteiger partial charge is 0.255 e. The van der Waals surface area contributed by atoms with E-state index in [0.29, 0.717) is 25.0 Å². The van der Waals surface area contributed by atoms with Crippen LogP contribution in [0.25, 0.3) is 0 Å². The van der Waals surface area contributed by atoms with Crippen molar-refractivity contribution in [1.82, 2.24) is 0 Å². The minimum atomic E-state index is -3.83. The molecule has 3 atom stereocenters. The van der Waals surface area contributed by atoms with E-state index >= 15 is 0 Å². The van der Waals surface area contributed by atoms with Crippen LogP contribution in [0, 0.1) is 17.5 Å². The summed E-state index contributed by atoms with van der Waals surface area (Å²) in [6.45, 7) is 0. The Labute approximate surface area is 176 Å². The number of carbonyl (C=O) groups excluding carboxylic acids is 1. The molecule has 2 heterocycles. The quantitative estimate of drug-likeness (QED) is 0.684. The lowest BCUT2D eigenvalue weighted by atomic mass is 10.1. The van der Waals surface area contributed by atoms with Gasteiger partial charge in [-0.15, -0.1) is 0 Å². The number of sulfone groups is 1. The Kier molecular flexibility index (Phi) is 5.54. The summed E-state index contributed by atoms with van der Waals surface area (Å²) in [4.78, 5) is 12.3. The molecule has 2 bridgehead atoms. The maximum atomic E-state index is 13.4. The number of halogens is 4. The molecule has 0 aliphatic carbocycles. The topological polar surface area (TPSA) is 72.5 Å². The zero-order chi connectivity index (χ0) is 21.6. The number of amides is 1. The van der Waals surface area contributed by atoms with E-state index < -0.39 is 38.4 Å². The predicted molar refractivity (Wildman–Crippen MR) is 104 cm³/mol. The van der Waals surface area contributed by atoms with Crippen molar-refractivity contribution >= 4 is 33.0 Å². The standard InChI is InChI=1S/C20H17ClF3NO4S/c21-15-4-1-10(20(26)25-11-6-16(22)19(24)17(23)7-11)5-18(15)30(27,28)14-8-12-2-3-13(9-14)29-12/h1,4-7,12-14H,2-3,8-9H2,(H,25,26)/t12-,13+,14+. The summed E-state index contributed by atoms with van der Waals surface area (Å²) in [6, 6.07) is 4.97. The van der Waals surface area contributed by atoms with Gasteiger partial charge in [-0.2, -0.15) is 0 Å². The van der Waals surface area contributed by atoms with Crippen LogP contribution in [0.1, 0.15) is 36.0 Å². The molecule has 2 saturated heterocycles. The van der Waals surface area contributed by atoms with Gasteiger partial charge in [0.15, 0.2) is 27.3 Å². The molecule has 0 saturated carbocycles. The Morgan fingerprint density at radius 1 is 1.03 bits per heavy atom. The van der Waals surface area contributed by atoms with Crippen LogP contribution >= 0.6 is 11.6 Å². The fraction of sp³-hybridized carbons (Fsp3) is 0.350. The van der Waals surface area contributed by atoms with Crippen LogP contribution in [0.2, 0.25) is 5.02 Å². The normalized spacial score (nSPS) is 23.4. The van der Waals surface area contributed by atoms with Gasteiger partial charge in [0.2, 0.25) is 0 Å². The van der Waals surface area contributed by atoms with Gasteiger partial charge < -0.3 is 10.1 Å².